The zero-order chi connectivity index (χ0) is 13.9. The molecule has 2 rings (SSSR count). The SMILES string of the molecule is CCc1nnc(NS(=O)(=O)c2ccccc2NC)s1. The molecule has 0 atom stereocenters. The molecule has 1 heterocycles. The number of hydrogen-bond donors (Lipinski definition) is 2. The van der Waals surface area contributed by atoms with Gasteiger partial charge >= 0.3 is 0 Å². The molecule has 8 heteroatoms. The Balaban J connectivity index is 2.32. The maximum atomic E-state index is 12.3. The van der Waals surface area contributed by atoms with Gasteiger partial charge in [-0.3, -0.25) is 4.72 Å². The Hall–Kier alpha value is -1.67. The van der Waals surface area contributed by atoms with Gasteiger partial charge in [0.05, 0.1) is 5.69 Å². The van der Waals surface area contributed by atoms with E-state index in [1.807, 2.05) is 6.92 Å². The molecule has 0 aliphatic rings. The van der Waals surface area contributed by atoms with E-state index in [0.717, 1.165) is 11.4 Å². The molecule has 0 unspecified atom stereocenters. The molecule has 0 saturated heterocycles. The quantitative estimate of drug-likeness (QED) is 0.881. The van der Waals surface area contributed by atoms with Crippen LogP contribution in [0.4, 0.5) is 10.8 Å². The van der Waals surface area contributed by atoms with Crippen LogP contribution in [-0.2, 0) is 16.4 Å². The molecule has 0 saturated carbocycles. The van der Waals surface area contributed by atoms with Gasteiger partial charge < -0.3 is 5.32 Å². The first-order valence-corrected chi connectivity index (χ1v) is 7.98. The van der Waals surface area contributed by atoms with Gasteiger partial charge in [-0.05, 0) is 18.6 Å². The molecule has 0 radical (unpaired) electrons. The van der Waals surface area contributed by atoms with E-state index in [1.54, 1.807) is 25.2 Å². The van der Waals surface area contributed by atoms with Gasteiger partial charge in [0.2, 0.25) is 5.13 Å². The largest absolute Gasteiger partial charge is 0.387 e. The molecule has 2 N–H and O–H groups in total. The number of aromatic nitrogens is 2. The van der Waals surface area contributed by atoms with Gasteiger partial charge in [0.25, 0.3) is 10.0 Å². The number of anilines is 2. The van der Waals surface area contributed by atoms with Crippen LogP contribution in [0.3, 0.4) is 0 Å². The molecule has 0 fully saturated rings. The van der Waals surface area contributed by atoms with Crippen LogP contribution in [-0.4, -0.2) is 25.7 Å². The third kappa shape index (κ3) is 3.02. The van der Waals surface area contributed by atoms with Crippen LogP contribution in [0.15, 0.2) is 29.2 Å². The molecule has 0 spiro atoms. The van der Waals surface area contributed by atoms with Gasteiger partial charge in [-0.25, -0.2) is 8.42 Å². The normalized spacial score (nSPS) is 11.3. The number of rotatable bonds is 5. The van der Waals surface area contributed by atoms with E-state index in [-0.39, 0.29) is 10.0 Å². The summed E-state index contributed by atoms with van der Waals surface area (Å²) in [5.74, 6) is 0. The Morgan fingerprint density at radius 1 is 1.26 bits per heavy atom. The molecule has 0 amide bonds. The average molecular weight is 298 g/mol. The lowest BCUT2D eigenvalue weighted by molar-refractivity contribution is 0.601. The molecule has 19 heavy (non-hydrogen) atoms. The van der Waals surface area contributed by atoms with Crippen molar-refractivity contribution in [3.8, 4) is 0 Å². The number of benzene rings is 1. The molecule has 1 aromatic carbocycles. The zero-order valence-electron chi connectivity index (χ0n) is 10.5. The van der Waals surface area contributed by atoms with E-state index in [9.17, 15) is 8.42 Å². The smallest absolute Gasteiger partial charge is 0.265 e. The van der Waals surface area contributed by atoms with E-state index in [2.05, 4.69) is 20.2 Å². The summed E-state index contributed by atoms with van der Waals surface area (Å²) in [5.41, 5.74) is 0.537. The highest BCUT2D eigenvalue weighted by Gasteiger charge is 2.19. The van der Waals surface area contributed by atoms with Crippen molar-refractivity contribution in [2.75, 3.05) is 17.1 Å². The summed E-state index contributed by atoms with van der Waals surface area (Å²) < 4.78 is 27.0. The first-order chi connectivity index (χ1) is 9.06. The van der Waals surface area contributed by atoms with Gasteiger partial charge in [-0.2, -0.15) is 0 Å². The second-order valence-electron chi connectivity index (χ2n) is 3.71. The number of sulfonamides is 1. The standard InChI is InChI=1S/C11H14N4O2S2/c1-3-10-13-14-11(18-10)15-19(16,17)9-7-5-4-6-8(9)12-2/h4-7,12H,3H2,1-2H3,(H,14,15). The highest BCUT2D eigenvalue weighted by Crippen LogP contribution is 2.24. The van der Waals surface area contributed by atoms with Crippen molar-refractivity contribution in [2.45, 2.75) is 18.2 Å². The predicted molar refractivity (Wildman–Crippen MR) is 76.1 cm³/mol. The topological polar surface area (TPSA) is 84.0 Å². The summed E-state index contributed by atoms with van der Waals surface area (Å²) in [6.45, 7) is 1.94. The summed E-state index contributed by atoms with van der Waals surface area (Å²) in [4.78, 5) is 0.186. The lowest BCUT2D eigenvalue weighted by atomic mass is 10.3. The third-order valence-electron chi connectivity index (χ3n) is 2.44. The number of nitrogens with one attached hydrogen (secondary N) is 2. The summed E-state index contributed by atoms with van der Waals surface area (Å²) in [7, 11) is -1.98. The minimum Gasteiger partial charge on any atom is -0.387 e. The molecule has 2 aromatic rings. The van der Waals surface area contributed by atoms with E-state index in [1.165, 1.54) is 17.4 Å². The summed E-state index contributed by atoms with van der Waals surface area (Å²) >= 11 is 1.23. The van der Waals surface area contributed by atoms with Crippen LogP contribution in [0.25, 0.3) is 0 Å². The van der Waals surface area contributed by atoms with Crippen molar-refractivity contribution in [1.29, 1.82) is 0 Å². The highest BCUT2D eigenvalue weighted by molar-refractivity contribution is 7.93. The Labute approximate surface area is 115 Å². The lowest BCUT2D eigenvalue weighted by Crippen LogP contribution is -2.14. The van der Waals surface area contributed by atoms with Crippen molar-refractivity contribution in [3.63, 3.8) is 0 Å². The number of hydrogen-bond acceptors (Lipinski definition) is 6. The molecule has 0 aliphatic heterocycles. The average Bonchev–Trinajstić information content (AvgIpc) is 2.85. The summed E-state index contributed by atoms with van der Waals surface area (Å²) in [6.07, 6.45) is 0.729. The molecule has 6 nitrogen and oxygen atoms in total. The second-order valence-corrected chi connectivity index (χ2v) is 6.42. The highest BCUT2D eigenvalue weighted by atomic mass is 32.2. The lowest BCUT2D eigenvalue weighted by Gasteiger charge is -2.09. The van der Waals surface area contributed by atoms with Gasteiger partial charge in [0, 0.05) is 7.05 Å². The van der Waals surface area contributed by atoms with E-state index < -0.39 is 10.0 Å². The maximum Gasteiger partial charge on any atom is 0.265 e. The summed E-state index contributed by atoms with van der Waals surface area (Å²) in [5, 5.41) is 11.6. The van der Waals surface area contributed by atoms with Crippen molar-refractivity contribution in [2.24, 2.45) is 0 Å². The van der Waals surface area contributed by atoms with Crippen molar-refractivity contribution >= 4 is 32.2 Å². The van der Waals surface area contributed by atoms with E-state index in [0.29, 0.717) is 5.69 Å². The van der Waals surface area contributed by atoms with Gasteiger partial charge in [0.15, 0.2) is 0 Å². The monoisotopic (exact) mass is 298 g/mol. The minimum absolute atomic E-state index is 0.186. The van der Waals surface area contributed by atoms with Crippen LogP contribution < -0.4 is 10.0 Å². The fourth-order valence-corrected chi connectivity index (χ4v) is 3.64. The van der Waals surface area contributed by atoms with Crippen LogP contribution in [0.2, 0.25) is 0 Å². The predicted octanol–water partition coefficient (Wildman–Crippen LogP) is 1.94. The van der Waals surface area contributed by atoms with Gasteiger partial charge in [-0.1, -0.05) is 30.4 Å². The van der Waals surface area contributed by atoms with Crippen LogP contribution in [0, 0.1) is 0 Å². The van der Waals surface area contributed by atoms with E-state index in [4.69, 9.17) is 0 Å². The van der Waals surface area contributed by atoms with Gasteiger partial charge in [-0.15, -0.1) is 10.2 Å². The first-order valence-electron chi connectivity index (χ1n) is 5.69. The second kappa shape index (κ2) is 5.54. The number of nitrogens with zero attached hydrogens (tertiary/aromatic N) is 2. The fourth-order valence-electron chi connectivity index (χ4n) is 1.52. The first kappa shape index (κ1) is 13.8. The molecular formula is C11H14N4O2S2. The molecule has 1 aromatic heterocycles. The van der Waals surface area contributed by atoms with Crippen molar-refractivity contribution in [3.05, 3.63) is 29.3 Å². The van der Waals surface area contributed by atoms with Crippen LogP contribution in [0.1, 0.15) is 11.9 Å². The Morgan fingerprint density at radius 2 is 2.00 bits per heavy atom. The zero-order valence-corrected chi connectivity index (χ0v) is 12.2. The Morgan fingerprint density at radius 3 is 2.63 bits per heavy atom. The fraction of sp³-hybridized carbons (Fsp3) is 0.273. The number of aryl methyl sites for hydroxylation is 1. The van der Waals surface area contributed by atoms with Crippen molar-refractivity contribution in [1.82, 2.24) is 10.2 Å². The minimum atomic E-state index is -3.66. The molecule has 0 bridgehead atoms. The van der Waals surface area contributed by atoms with E-state index >= 15 is 0 Å². The Bertz CT molecular complexity index is 667. The van der Waals surface area contributed by atoms with Crippen LogP contribution >= 0.6 is 11.3 Å². The molecule has 102 valence electrons. The summed E-state index contributed by atoms with van der Waals surface area (Å²) in [6, 6.07) is 6.68. The molecular weight excluding hydrogens is 284 g/mol. The maximum absolute atomic E-state index is 12.3. The van der Waals surface area contributed by atoms with Crippen molar-refractivity contribution < 1.29 is 8.42 Å². The Kier molecular flexibility index (Phi) is 4.01. The van der Waals surface area contributed by atoms with Crippen LogP contribution in [0.5, 0.6) is 0 Å². The molecule has 0 aliphatic carbocycles. The third-order valence-corrected chi connectivity index (χ3v) is 4.95. The number of para-hydroxylation sites is 1. The van der Waals surface area contributed by atoms with Gasteiger partial charge in [0.1, 0.15) is 9.90 Å².